The second-order valence-electron chi connectivity index (χ2n) is 8.55. The Hall–Kier alpha value is -2.11. The lowest BCUT2D eigenvalue weighted by Crippen LogP contribution is -2.41. The normalized spacial score (nSPS) is 20.0. The van der Waals surface area contributed by atoms with Crippen LogP contribution in [0, 0.1) is 6.92 Å². The number of amides is 1. The first kappa shape index (κ1) is 18.3. The summed E-state index contributed by atoms with van der Waals surface area (Å²) in [6.07, 6.45) is 0.848. The lowest BCUT2D eigenvalue weighted by molar-refractivity contribution is 0.00578. The van der Waals surface area contributed by atoms with Crippen molar-refractivity contribution in [2.24, 2.45) is 0 Å². The summed E-state index contributed by atoms with van der Waals surface area (Å²) in [5.74, 6) is 0.0529. The number of benzene rings is 2. The van der Waals surface area contributed by atoms with Crippen LogP contribution >= 0.6 is 0 Å². The number of hydrogen-bond acceptors (Lipinski definition) is 3. The van der Waals surface area contributed by atoms with Crippen LogP contribution in [0.5, 0.6) is 0 Å². The van der Waals surface area contributed by atoms with E-state index in [4.69, 9.17) is 9.31 Å². The van der Waals surface area contributed by atoms with E-state index >= 15 is 0 Å². The van der Waals surface area contributed by atoms with Crippen LogP contribution in [0.2, 0.25) is 0 Å². The molecule has 2 heterocycles. The summed E-state index contributed by atoms with van der Waals surface area (Å²) in [5.41, 5.74) is 4.33. The van der Waals surface area contributed by atoms with Gasteiger partial charge in [0.1, 0.15) is 0 Å². The van der Waals surface area contributed by atoms with E-state index in [1.165, 1.54) is 5.56 Å². The molecule has 1 fully saturated rings. The van der Waals surface area contributed by atoms with E-state index in [0.717, 1.165) is 28.7 Å². The zero-order valence-corrected chi connectivity index (χ0v) is 16.7. The van der Waals surface area contributed by atoms with E-state index in [1.54, 1.807) is 0 Å². The molecule has 0 N–H and O–H groups in total. The van der Waals surface area contributed by atoms with Crippen LogP contribution in [0.4, 0.5) is 5.69 Å². The SMILES string of the molecule is Cc1ccc(C(=O)N2CCc3cc(B4OC(C)(C)C(C)(C)O4)ccc32)cc1. The Morgan fingerprint density at radius 3 is 2.26 bits per heavy atom. The molecule has 2 aliphatic heterocycles. The number of anilines is 1. The first-order valence-electron chi connectivity index (χ1n) is 9.55. The van der Waals surface area contributed by atoms with Crippen molar-refractivity contribution in [2.45, 2.75) is 52.2 Å². The van der Waals surface area contributed by atoms with Crippen LogP contribution in [0.1, 0.15) is 49.2 Å². The highest BCUT2D eigenvalue weighted by atomic mass is 16.7. The predicted molar refractivity (Wildman–Crippen MR) is 109 cm³/mol. The van der Waals surface area contributed by atoms with E-state index in [-0.39, 0.29) is 24.2 Å². The molecular weight excluding hydrogens is 337 g/mol. The molecule has 0 radical (unpaired) electrons. The molecule has 0 bridgehead atoms. The minimum absolute atomic E-state index is 0.0529. The van der Waals surface area contributed by atoms with Crippen molar-refractivity contribution in [3.8, 4) is 0 Å². The molecule has 140 valence electrons. The summed E-state index contributed by atoms with van der Waals surface area (Å²) in [5, 5.41) is 0. The molecule has 0 spiro atoms. The van der Waals surface area contributed by atoms with Gasteiger partial charge in [0.15, 0.2) is 0 Å². The van der Waals surface area contributed by atoms with Crippen LogP contribution in [-0.2, 0) is 15.7 Å². The minimum atomic E-state index is -0.373. The van der Waals surface area contributed by atoms with E-state index in [1.807, 2.05) is 48.2 Å². The molecule has 5 heteroatoms. The Balaban J connectivity index is 1.58. The third-order valence-corrected chi connectivity index (χ3v) is 6.07. The van der Waals surface area contributed by atoms with Gasteiger partial charge in [0.2, 0.25) is 0 Å². The van der Waals surface area contributed by atoms with Gasteiger partial charge >= 0.3 is 7.12 Å². The molecule has 0 aliphatic carbocycles. The van der Waals surface area contributed by atoms with Crippen molar-refractivity contribution >= 4 is 24.2 Å². The Labute approximate surface area is 161 Å². The van der Waals surface area contributed by atoms with Crippen molar-refractivity contribution < 1.29 is 14.1 Å². The Kier molecular flexibility index (Phi) is 4.20. The molecule has 2 aromatic carbocycles. The fraction of sp³-hybridized carbons (Fsp3) is 0.409. The Morgan fingerprint density at radius 1 is 1.00 bits per heavy atom. The van der Waals surface area contributed by atoms with Crippen LogP contribution < -0.4 is 10.4 Å². The monoisotopic (exact) mass is 363 g/mol. The summed E-state index contributed by atoms with van der Waals surface area (Å²) < 4.78 is 12.3. The summed E-state index contributed by atoms with van der Waals surface area (Å²) in [6.45, 7) is 11.0. The highest BCUT2D eigenvalue weighted by molar-refractivity contribution is 6.62. The second-order valence-corrected chi connectivity index (χ2v) is 8.55. The number of hydrogen-bond donors (Lipinski definition) is 0. The third kappa shape index (κ3) is 3.09. The lowest BCUT2D eigenvalue weighted by atomic mass is 9.78. The number of carbonyl (C=O) groups is 1. The Morgan fingerprint density at radius 2 is 1.63 bits per heavy atom. The minimum Gasteiger partial charge on any atom is -0.399 e. The zero-order valence-electron chi connectivity index (χ0n) is 16.7. The maximum Gasteiger partial charge on any atom is 0.494 e. The van der Waals surface area contributed by atoms with Crippen molar-refractivity contribution in [2.75, 3.05) is 11.4 Å². The number of aryl methyl sites for hydroxylation is 1. The van der Waals surface area contributed by atoms with Crippen LogP contribution in [0.3, 0.4) is 0 Å². The van der Waals surface area contributed by atoms with Crippen LogP contribution in [0.15, 0.2) is 42.5 Å². The van der Waals surface area contributed by atoms with E-state index in [9.17, 15) is 4.79 Å². The first-order chi connectivity index (χ1) is 12.7. The van der Waals surface area contributed by atoms with Gasteiger partial charge in [-0.15, -0.1) is 0 Å². The molecule has 2 aliphatic rings. The van der Waals surface area contributed by atoms with Crippen molar-refractivity contribution in [1.29, 1.82) is 0 Å². The molecule has 27 heavy (non-hydrogen) atoms. The molecule has 1 amide bonds. The van der Waals surface area contributed by atoms with Crippen molar-refractivity contribution in [1.82, 2.24) is 0 Å². The Bertz CT molecular complexity index is 873. The molecule has 4 nitrogen and oxygen atoms in total. The maximum atomic E-state index is 12.9. The largest absolute Gasteiger partial charge is 0.494 e. The predicted octanol–water partition coefficient (Wildman–Crippen LogP) is 3.50. The number of nitrogens with zero attached hydrogens (tertiary/aromatic N) is 1. The number of rotatable bonds is 2. The quantitative estimate of drug-likeness (QED) is 0.767. The van der Waals surface area contributed by atoms with E-state index < -0.39 is 0 Å². The topological polar surface area (TPSA) is 38.8 Å². The first-order valence-corrected chi connectivity index (χ1v) is 9.55. The van der Waals surface area contributed by atoms with Gasteiger partial charge in [0, 0.05) is 17.8 Å². The summed E-state index contributed by atoms with van der Waals surface area (Å²) in [7, 11) is -0.373. The van der Waals surface area contributed by atoms with Gasteiger partial charge in [-0.3, -0.25) is 4.79 Å². The smallest absolute Gasteiger partial charge is 0.399 e. The van der Waals surface area contributed by atoms with Crippen LogP contribution in [-0.4, -0.2) is 30.8 Å². The standard InChI is InChI=1S/C22H26BNO3/c1-15-6-8-16(9-7-15)20(25)24-13-12-17-14-18(10-11-19(17)24)23-26-21(2,3)22(4,5)27-23/h6-11,14H,12-13H2,1-5H3. The van der Waals surface area contributed by atoms with E-state index in [2.05, 4.69) is 33.8 Å². The van der Waals surface area contributed by atoms with Gasteiger partial charge in [0.25, 0.3) is 5.91 Å². The van der Waals surface area contributed by atoms with E-state index in [0.29, 0.717) is 6.54 Å². The molecule has 0 aromatic heterocycles. The highest BCUT2D eigenvalue weighted by Gasteiger charge is 2.51. The third-order valence-electron chi connectivity index (χ3n) is 6.07. The maximum absolute atomic E-state index is 12.9. The fourth-order valence-corrected chi connectivity index (χ4v) is 3.61. The molecule has 0 saturated carbocycles. The molecule has 4 rings (SSSR count). The van der Waals surface area contributed by atoms with Crippen LogP contribution in [0.25, 0.3) is 0 Å². The van der Waals surface area contributed by atoms with Crippen molar-refractivity contribution in [3.63, 3.8) is 0 Å². The molecule has 0 atom stereocenters. The summed E-state index contributed by atoms with van der Waals surface area (Å²) in [6, 6.07) is 13.9. The fourth-order valence-electron chi connectivity index (χ4n) is 3.61. The highest BCUT2D eigenvalue weighted by Crippen LogP contribution is 2.37. The number of carbonyl (C=O) groups excluding carboxylic acids is 1. The second kappa shape index (κ2) is 6.21. The summed E-state index contributed by atoms with van der Waals surface area (Å²) in [4.78, 5) is 14.8. The number of fused-ring (bicyclic) bond motifs is 1. The van der Waals surface area contributed by atoms with Gasteiger partial charge in [0.05, 0.1) is 11.2 Å². The molecular formula is C22H26BNO3. The molecule has 1 saturated heterocycles. The lowest BCUT2D eigenvalue weighted by Gasteiger charge is -2.32. The average molecular weight is 363 g/mol. The van der Waals surface area contributed by atoms with Gasteiger partial charge in [-0.1, -0.05) is 29.8 Å². The van der Waals surface area contributed by atoms with Crippen molar-refractivity contribution in [3.05, 3.63) is 59.2 Å². The van der Waals surface area contributed by atoms with Gasteiger partial charge < -0.3 is 14.2 Å². The zero-order chi connectivity index (χ0) is 19.4. The average Bonchev–Trinajstić information content (AvgIpc) is 3.12. The summed E-state index contributed by atoms with van der Waals surface area (Å²) >= 11 is 0. The van der Waals surface area contributed by atoms with Gasteiger partial charge in [-0.05, 0) is 70.3 Å². The molecule has 2 aromatic rings. The van der Waals surface area contributed by atoms with Gasteiger partial charge in [-0.25, -0.2) is 0 Å². The van der Waals surface area contributed by atoms with Gasteiger partial charge in [-0.2, -0.15) is 0 Å². The molecule has 0 unspecified atom stereocenters.